The summed E-state index contributed by atoms with van der Waals surface area (Å²) in [5.74, 6) is 0.698. The maximum Gasteiger partial charge on any atom is 0.322 e. The topological polar surface area (TPSA) is 61.0 Å². The highest BCUT2D eigenvalue weighted by Crippen LogP contribution is 2.19. The third kappa shape index (κ3) is 3.74. The van der Waals surface area contributed by atoms with E-state index in [9.17, 15) is 0 Å². The Kier molecular flexibility index (Phi) is 4.63. The van der Waals surface area contributed by atoms with Crippen LogP contribution in [0, 0.1) is 6.92 Å². The summed E-state index contributed by atoms with van der Waals surface area (Å²) in [5.41, 5.74) is 8.15. The second-order valence-corrected chi connectivity index (χ2v) is 4.98. The van der Waals surface area contributed by atoms with Gasteiger partial charge in [0.25, 0.3) is 0 Å². The van der Waals surface area contributed by atoms with Gasteiger partial charge >= 0.3 is 6.01 Å². The fourth-order valence-electron chi connectivity index (χ4n) is 1.83. The molecule has 0 saturated heterocycles. The van der Waals surface area contributed by atoms with Crippen molar-refractivity contribution in [3.8, 4) is 11.8 Å². The summed E-state index contributed by atoms with van der Waals surface area (Å²) < 4.78 is 5.65. The first-order chi connectivity index (χ1) is 9.58. The van der Waals surface area contributed by atoms with Gasteiger partial charge in [0.2, 0.25) is 0 Å². The third-order valence-electron chi connectivity index (χ3n) is 2.76. The molecule has 0 amide bonds. The van der Waals surface area contributed by atoms with E-state index in [1.54, 1.807) is 6.07 Å². The average Bonchev–Trinajstić information content (AvgIpc) is 2.40. The zero-order chi connectivity index (χ0) is 14.5. The molecule has 0 bridgehead atoms. The molecule has 0 radical (unpaired) electrons. The molecule has 2 N–H and O–H groups in total. The SMILES string of the molecule is CCCc1ccc(Oc2nc(C)cc(C(N)=S)n2)cc1. The summed E-state index contributed by atoms with van der Waals surface area (Å²) in [6, 6.07) is 9.91. The van der Waals surface area contributed by atoms with Crippen molar-refractivity contribution in [3.05, 3.63) is 47.3 Å². The van der Waals surface area contributed by atoms with Gasteiger partial charge in [0.05, 0.1) is 0 Å². The molecule has 0 unspecified atom stereocenters. The second kappa shape index (κ2) is 6.43. The third-order valence-corrected chi connectivity index (χ3v) is 2.97. The molecule has 0 saturated carbocycles. The summed E-state index contributed by atoms with van der Waals surface area (Å²) in [6.45, 7) is 4.00. The number of rotatable bonds is 5. The van der Waals surface area contributed by atoms with E-state index in [0.717, 1.165) is 18.5 Å². The number of ether oxygens (including phenoxy) is 1. The lowest BCUT2D eigenvalue weighted by Crippen LogP contribution is -2.13. The highest BCUT2D eigenvalue weighted by molar-refractivity contribution is 7.80. The van der Waals surface area contributed by atoms with Crippen molar-refractivity contribution in [2.24, 2.45) is 5.73 Å². The van der Waals surface area contributed by atoms with Crippen LogP contribution in [0.2, 0.25) is 0 Å². The Balaban J connectivity index is 2.19. The van der Waals surface area contributed by atoms with E-state index in [4.69, 9.17) is 22.7 Å². The van der Waals surface area contributed by atoms with Crippen molar-refractivity contribution < 1.29 is 4.74 Å². The van der Waals surface area contributed by atoms with Crippen LogP contribution >= 0.6 is 12.2 Å². The molecule has 0 fully saturated rings. The Morgan fingerprint density at radius 2 is 1.95 bits per heavy atom. The zero-order valence-corrected chi connectivity index (χ0v) is 12.4. The molecule has 2 aromatic rings. The van der Waals surface area contributed by atoms with Gasteiger partial charge in [0, 0.05) is 5.69 Å². The van der Waals surface area contributed by atoms with Crippen molar-refractivity contribution in [1.82, 2.24) is 9.97 Å². The molecule has 0 aliphatic rings. The predicted molar refractivity (Wildman–Crippen MR) is 83.2 cm³/mol. The van der Waals surface area contributed by atoms with Crippen LogP contribution in [0.15, 0.2) is 30.3 Å². The summed E-state index contributed by atoms with van der Waals surface area (Å²) in [5, 5.41) is 0. The van der Waals surface area contributed by atoms with Gasteiger partial charge in [-0.15, -0.1) is 0 Å². The van der Waals surface area contributed by atoms with Gasteiger partial charge in [-0.05, 0) is 37.1 Å². The lowest BCUT2D eigenvalue weighted by molar-refractivity contribution is 0.440. The second-order valence-electron chi connectivity index (χ2n) is 4.54. The summed E-state index contributed by atoms with van der Waals surface area (Å²) in [7, 11) is 0. The molecule has 0 aliphatic heterocycles. The van der Waals surface area contributed by atoms with Crippen molar-refractivity contribution in [1.29, 1.82) is 0 Å². The van der Waals surface area contributed by atoms with Gasteiger partial charge in [0.15, 0.2) is 0 Å². The van der Waals surface area contributed by atoms with Gasteiger partial charge in [-0.3, -0.25) is 0 Å². The molecule has 104 valence electrons. The summed E-state index contributed by atoms with van der Waals surface area (Å²) in [6.07, 6.45) is 2.19. The number of nitrogens with two attached hydrogens (primary N) is 1. The quantitative estimate of drug-likeness (QED) is 0.856. The minimum Gasteiger partial charge on any atom is -0.424 e. The van der Waals surface area contributed by atoms with Crippen molar-refractivity contribution in [2.75, 3.05) is 0 Å². The van der Waals surface area contributed by atoms with E-state index in [1.165, 1.54) is 5.56 Å². The van der Waals surface area contributed by atoms with Crippen LogP contribution in [0.5, 0.6) is 11.8 Å². The Morgan fingerprint density at radius 3 is 2.55 bits per heavy atom. The molecular formula is C15H17N3OS. The average molecular weight is 287 g/mol. The van der Waals surface area contributed by atoms with E-state index in [1.807, 2.05) is 31.2 Å². The van der Waals surface area contributed by atoms with Crippen molar-refractivity contribution in [2.45, 2.75) is 26.7 Å². The Labute approximate surface area is 124 Å². The lowest BCUT2D eigenvalue weighted by Gasteiger charge is -2.07. The molecule has 4 nitrogen and oxygen atoms in total. The van der Waals surface area contributed by atoms with Gasteiger partial charge in [-0.25, -0.2) is 4.98 Å². The van der Waals surface area contributed by atoms with E-state index >= 15 is 0 Å². The molecule has 2 rings (SSSR count). The first-order valence-electron chi connectivity index (χ1n) is 6.50. The first-order valence-corrected chi connectivity index (χ1v) is 6.91. The van der Waals surface area contributed by atoms with E-state index in [0.29, 0.717) is 11.4 Å². The monoisotopic (exact) mass is 287 g/mol. The van der Waals surface area contributed by atoms with Crippen LogP contribution in [0.3, 0.4) is 0 Å². The van der Waals surface area contributed by atoms with Crippen LogP contribution in [0.4, 0.5) is 0 Å². The van der Waals surface area contributed by atoms with Crippen LogP contribution in [-0.4, -0.2) is 15.0 Å². The molecular weight excluding hydrogens is 270 g/mol. The number of nitrogens with zero attached hydrogens (tertiary/aromatic N) is 2. The summed E-state index contributed by atoms with van der Waals surface area (Å²) >= 11 is 4.92. The minimum atomic E-state index is 0.235. The Bertz CT molecular complexity index is 611. The smallest absolute Gasteiger partial charge is 0.322 e. The maximum atomic E-state index is 5.65. The predicted octanol–water partition coefficient (Wildman–Crippen LogP) is 3.16. The molecule has 20 heavy (non-hydrogen) atoms. The molecule has 1 aromatic carbocycles. The minimum absolute atomic E-state index is 0.235. The van der Waals surface area contributed by atoms with Gasteiger partial charge in [-0.1, -0.05) is 37.7 Å². The highest BCUT2D eigenvalue weighted by Gasteiger charge is 2.06. The molecule has 5 heteroatoms. The number of thiocarbonyl (C=S) groups is 1. The van der Waals surface area contributed by atoms with Crippen molar-refractivity contribution in [3.63, 3.8) is 0 Å². The molecule has 0 atom stereocenters. The fraction of sp³-hybridized carbons (Fsp3) is 0.267. The number of benzene rings is 1. The van der Waals surface area contributed by atoms with E-state index in [-0.39, 0.29) is 11.0 Å². The highest BCUT2D eigenvalue weighted by atomic mass is 32.1. The first kappa shape index (κ1) is 14.4. The van der Waals surface area contributed by atoms with Gasteiger partial charge in [-0.2, -0.15) is 4.98 Å². The number of hydrogen-bond acceptors (Lipinski definition) is 4. The van der Waals surface area contributed by atoms with Crippen LogP contribution in [-0.2, 0) is 6.42 Å². The number of aryl methyl sites for hydroxylation is 2. The maximum absolute atomic E-state index is 5.65. The Morgan fingerprint density at radius 1 is 1.25 bits per heavy atom. The van der Waals surface area contributed by atoms with E-state index in [2.05, 4.69) is 16.9 Å². The normalized spacial score (nSPS) is 10.3. The van der Waals surface area contributed by atoms with Crippen LogP contribution in [0.1, 0.15) is 30.3 Å². The van der Waals surface area contributed by atoms with Crippen LogP contribution in [0.25, 0.3) is 0 Å². The molecule has 0 spiro atoms. The lowest BCUT2D eigenvalue weighted by atomic mass is 10.1. The largest absolute Gasteiger partial charge is 0.424 e. The Hall–Kier alpha value is -2.01. The standard InChI is InChI=1S/C15H17N3OS/c1-3-4-11-5-7-12(8-6-11)19-15-17-10(2)9-13(18-15)14(16)20/h5-9H,3-4H2,1-2H3,(H2,16,20). The zero-order valence-electron chi connectivity index (χ0n) is 11.6. The van der Waals surface area contributed by atoms with E-state index < -0.39 is 0 Å². The number of aromatic nitrogens is 2. The molecule has 0 aliphatic carbocycles. The molecule has 1 heterocycles. The number of hydrogen-bond donors (Lipinski definition) is 1. The van der Waals surface area contributed by atoms with Gasteiger partial charge in [0.1, 0.15) is 16.4 Å². The molecule has 1 aromatic heterocycles. The summed E-state index contributed by atoms with van der Waals surface area (Å²) in [4.78, 5) is 8.64. The fourth-order valence-corrected chi connectivity index (χ4v) is 1.94. The van der Waals surface area contributed by atoms with Crippen molar-refractivity contribution >= 4 is 17.2 Å². The van der Waals surface area contributed by atoms with Gasteiger partial charge < -0.3 is 10.5 Å². The van der Waals surface area contributed by atoms with Crippen LogP contribution < -0.4 is 10.5 Å².